The first kappa shape index (κ1) is 13.2. The average molecular weight is 242 g/mol. The molecule has 0 aliphatic heterocycles. The van der Waals surface area contributed by atoms with Crippen LogP contribution in [0.5, 0.6) is 0 Å². The highest BCUT2D eigenvalue weighted by Crippen LogP contribution is 2.23. The molecule has 0 N–H and O–H groups in total. The molecule has 0 radical (unpaired) electrons. The van der Waals surface area contributed by atoms with Gasteiger partial charge < -0.3 is 4.90 Å². The first-order valence-electron chi connectivity index (χ1n) is 5.50. The van der Waals surface area contributed by atoms with E-state index in [0.29, 0.717) is 11.8 Å². The predicted molar refractivity (Wildman–Crippen MR) is 69.3 cm³/mol. The Kier molecular flexibility index (Phi) is 4.14. The number of hydrogen-bond acceptors (Lipinski definition) is 3. The Bertz CT molecular complexity index is 350. The summed E-state index contributed by atoms with van der Waals surface area (Å²) in [5.41, 5.74) is 0.951. The van der Waals surface area contributed by atoms with Crippen molar-refractivity contribution >= 4 is 17.4 Å². The van der Waals surface area contributed by atoms with Crippen LogP contribution >= 0.6 is 11.6 Å². The normalized spacial score (nSPS) is 11.9. The van der Waals surface area contributed by atoms with Crippen LogP contribution < -0.4 is 4.90 Å². The molecule has 0 aliphatic rings. The van der Waals surface area contributed by atoms with Crippen molar-refractivity contribution in [1.82, 2.24) is 9.97 Å². The Hall–Kier alpha value is -0.830. The molecule has 0 saturated carbocycles. The quantitative estimate of drug-likeness (QED) is 0.759. The van der Waals surface area contributed by atoms with Gasteiger partial charge in [-0.1, -0.05) is 13.8 Å². The number of nitrogens with zero attached hydrogens (tertiary/aromatic N) is 3. The van der Waals surface area contributed by atoms with Crippen molar-refractivity contribution in [2.24, 2.45) is 0 Å². The van der Waals surface area contributed by atoms with Gasteiger partial charge in [0.05, 0.1) is 0 Å². The van der Waals surface area contributed by atoms with E-state index in [1.165, 1.54) is 0 Å². The van der Waals surface area contributed by atoms with E-state index < -0.39 is 0 Å². The van der Waals surface area contributed by atoms with Gasteiger partial charge in [0, 0.05) is 30.2 Å². The van der Waals surface area contributed by atoms with Gasteiger partial charge >= 0.3 is 0 Å². The summed E-state index contributed by atoms with van der Waals surface area (Å²) in [5.74, 6) is 1.89. The topological polar surface area (TPSA) is 29.0 Å². The fraction of sp³-hybridized carbons (Fsp3) is 0.667. The van der Waals surface area contributed by atoms with Gasteiger partial charge in [0.25, 0.3) is 0 Å². The molecule has 16 heavy (non-hydrogen) atoms. The second-order valence-corrected chi connectivity index (χ2v) is 5.23. The Balaban J connectivity index is 3.00. The highest BCUT2D eigenvalue weighted by Gasteiger charge is 2.23. The molecule has 1 aromatic heterocycles. The molecule has 0 amide bonds. The first-order chi connectivity index (χ1) is 7.38. The SMILES string of the molecule is CC(C)c1cc(N(C)C(C)(C)CCl)ncn1. The van der Waals surface area contributed by atoms with E-state index in [1.54, 1.807) is 6.33 Å². The standard InChI is InChI=1S/C12H20ClN3/c1-9(2)10-6-11(15-8-14-10)16(5)12(3,4)7-13/h6,8-9H,7H2,1-5H3. The summed E-state index contributed by atoms with van der Waals surface area (Å²) in [6, 6.07) is 2.03. The molecule has 1 rings (SSSR count). The molecular weight excluding hydrogens is 222 g/mol. The summed E-state index contributed by atoms with van der Waals surface area (Å²) in [5, 5.41) is 0. The van der Waals surface area contributed by atoms with Crippen molar-refractivity contribution < 1.29 is 0 Å². The monoisotopic (exact) mass is 241 g/mol. The van der Waals surface area contributed by atoms with Gasteiger partial charge in [-0.05, 0) is 19.8 Å². The van der Waals surface area contributed by atoms with Crippen molar-refractivity contribution in [3.8, 4) is 0 Å². The minimum Gasteiger partial charge on any atom is -0.353 e. The molecule has 0 atom stereocenters. The van der Waals surface area contributed by atoms with E-state index in [1.807, 2.05) is 13.1 Å². The number of halogens is 1. The van der Waals surface area contributed by atoms with Crippen molar-refractivity contribution in [2.75, 3.05) is 17.8 Å². The Morgan fingerprint density at radius 3 is 2.50 bits per heavy atom. The Labute approximate surface area is 103 Å². The van der Waals surface area contributed by atoms with Gasteiger partial charge in [-0.15, -0.1) is 11.6 Å². The maximum atomic E-state index is 5.96. The molecule has 90 valence electrons. The van der Waals surface area contributed by atoms with Crippen molar-refractivity contribution in [3.05, 3.63) is 18.1 Å². The van der Waals surface area contributed by atoms with Crippen LogP contribution in [-0.4, -0.2) is 28.4 Å². The van der Waals surface area contributed by atoms with E-state index in [2.05, 4.69) is 42.6 Å². The highest BCUT2D eigenvalue weighted by atomic mass is 35.5. The molecule has 0 bridgehead atoms. The molecule has 3 nitrogen and oxygen atoms in total. The Morgan fingerprint density at radius 1 is 1.38 bits per heavy atom. The summed E-state index contributed by atoms with van der Waals surface area (Å²) in [6.07, 6.45) is 1.62. The minimum absolute atomic E-state index is 0.107. The lowest BCUT2D eigenvalue weighted by Gasteiger charge is -2.35. The van der Waals surface area contributed by atoms with Crippen LogP contribution in [0.15, 0.2) is 12.4 Å². The fourth-order valence-corrected chi connectivity index (χ4v) is 1.44. The maximum absolute atomic E-state index is 5.96. The fourth-order valence-electron chi connectivity index (χ4n) is 1.26. The third-order valence-corrected chi connectivity index (χ3v) is 3.50. The zero-order valence-electron chi connectivity index (χ0n) is 10.7. The van der Waals surface area contributed by atoms with Crippen molar-refractivity contribution in [3.63, 3.8) is 0 Å². The van der Waals surface area contributed by atoms with Crippen LogP contribution in [0.1, 0.15) is 39.3 Å². The van der Waals surface area contributed by atoms with Gasteiger partial charge in [-0.3, -0.25) is 0 Å². The van der Waals surface area contributed by atoms with E-state index in [-0.39, 0.29) is 5.54 Å². The third kappa shape index (κ3) is 2.85. The average Bonchev–Trinajstić information content (AvgIpc) is 2.28. The molecule has 0 spiro atoms. The van der Waals surface area contributed by atoms with Crippen LogP contribution in [0, 0.1) is 0 Å². The van der Waals surface area contributed by atoms with Gasteiger partial charge in [0.15, 0.2) is 0 Å². The lowest BCUT2D eigenvalue weighted by molar-refractivity contribution is 0.539. The molecule has 1 heterocycles. The number of aromatic nitrogens is 2. The van der Waals surface area contributed by atoms with Crippen molar-refractivity contribution in [1.29, 1.82) is 0 Å². The van der Waals surface area contributed by atoms with Crippen LogP contribution in [0.4, 0.5) is 5.82 Å². The number of hydrogen-bond donors (Lipinski definition) is 0. The third-order valence-electron chi connectivity index (χ3n) is 2.84. The van der Waals surface area contributed by atoms with E-state index in [0.717, 1.165) is 11.5 Å². The molecule has 1 aromatic rings. The predicted octanol–water partition coefficient (Wildman–Crippen LogP) is 3.05. The van der Waals surface area contributed by atoms with Crippen LogP contribution in [0.3, 0.4) is 0 Å². The van der Waals surface area contributed by atoms with Gasteiger partial charge in [-0.25, -0.2) is 9.97 Å². The maximum Gasteiger partial charge on any atom is 0.132 e. The molecule has 0 aromatic carbocycles. The van der Waals surface area contributed by atoms with E-state index >= 15 is 0 Å². The molecule has 0 saturated heterocycles. The van der Waals surface area contributed by atoms with Gasteiger partial charge in [-0.2, -0.15) is 0 Å². The smallest absolute Gasteiger partial charge is 0.132 e. The van der Waals surface area contributed by atoms with Gasteiger partial charge in [0.2, 0.25) is 0 Å². The summed E-state index contributed by atoms with van der Waals surface area (Å²) in [4.78, 5) is 10.6. The lowest BCUT2D eigenvalue weighted by atomic mass is 10.1. The largest absolute Gasteiger partial charge is 0.353 e. The number of rotatable bonds is 4. The molecular formula is C12H20ClN3. The summed E-state index contributed by atoms with van der Waals surface area (Å²) in [6.45, 7) is 8.44. The summed E-state index contributed by atoms with van der Waals surface area (Å²) >= 11 is 5.96. The lowest BCUT2D eigenvalue weighted by Crippen LogP contribution is -2.43. The number of alkyl halides is 1. The van der Waals surface area contributed by atoms with Crippen LogP contribution in [0.2, 0.25) is 0 Å². The zero-order valence-corrected chi connectivity index (χ0v) is 11.4. The molecule has 0 aliphatic carbocycles. The molecule has 0 unspecified atom stereocenters. The van der Waals surface area contributed by atoms with E-state index in [9.17, 15) is 0 Å². The minimum atomic E-state index is -0.107. The Morgan fingerprint density at radius 2 is 2.00 bits per heavy atom. The van der Waals surface area contributed by atoms with Crippen molar-refractivity contribution in [2.45, 2.75) is 39.2 Å². The second-order valence-electron chi connectivity index (χ2n) is 4.96. The zero-order chi connectivity index (χ0) is 12.3. The van der Waals surface area contributed by atoms with Crippen LogP contribution in [0.25, 0.3) is 0 Å². The second kappa shape index (κ2) is 5.00. The molecule has 0 fully saturated rings. The summed E-state index contributed by atoms with van der Waals surface area (Å²) < 4.78 is 0. The first-order valence-corrected chi connectivity index (χ1v) is 6.03. The van der Waals surface area contributed by atoms with Gasteiger partial charge in [0.1, 0.15) is 12.1 Å². The summed E-state index contributed by atoms with van der Waals surface area (Å²) in [7, 11) is 2.01. The van der Waals surface area contributed by atoms with Crippen LogP contribution in [-0.2, 0) is 0 Å². The number of anilines is 1. The highest BCUT2D eigenvalue weighted by molar-refractivity contribution is 6.18. The molecule has 4 heteroatoms. The van der Waals surface area contributed by atoms with E-state index in [4.69, 9.17) is 11.6 Å².